The molecule has 1 aliphatic rings. The van der Waals surface area contributed by atoms with Crippen molar-refractivity contribution >= 4 is 5.91 Å². The van der Waals surface area contributed by atoms with Gasteiger partial charge in [0.25, 0.3) is 0 Å². The minimum atomic E-state index is 0.185. The minimum Gasteiger partial charge on any atom is -0.337 e. The molecule has 1 aromatic rings. The molecular formula is C18H28N2O. The van der Waals surface area contributed by atoms with Gasteiger partial charge in [-0.2, -0.15) is 0 Å². The summed E-state index contributed by atoms with van der Waals surface area (Å²) in [7, 11) is 0. The van der Waals surface area contributed by atoms with E-state index in [0.717, 1.165) is 26.1 Å². The highest BCUT2D eigenvalue weighted by Gasteiger charge is 2.22. The second-order valence-electron chi connectivity index (χ2n) is 7.09. The second-order valence-corrected chi connectivity index (χ2v) is 7.09. The van der Waals surface area contributed by atoms with Crippen LogP contribution in [-0.2, 0) is 16.6 Å². The number of hydrogen-bond donors (Lipinski definition) is 1. The number of rotatable bonds is 3. The van der Waals surface area contributed by atoms with Crippen LogP contribution in [0, 0.1) is 0 Å². The van der Waals surface area contributed by atoms with E-state index in [2.05, 4.69) is 57.3 Å². The van der Waals surface area contributed by atoms with Gasteiger partial charge in [-0.3, -0.25) is 4.79 Å². The molecule has 21 heavy (non-hydrogen) atoms. The van der Waals surface area contributed by atoms with Gasteiger partial charge in [0.1, 0.15) is 0 Å². The van der Waals surface area contributed by atoms with Gasteiger partial charge in [-0.15, -0.1) is 0 Å². The Bertz CT molecular complexity index is 473. The Morgan fingerprint density at radius 2 is 1.95 bits per heavy atom. The monoisotopic (exact) mass is 288 g/mol. The standard InChI is InChI=1S/C18H28N2O/c1-14-13-19-11-12-20(14)17(21)10-7-15-5-8-16(9-6-15)18(2,3)4/h5-6,8-9,14,19H,7,10-13H2,1-4H3/t14-/m1/s1. The van der Waals surface area contributed by atoms with E-state index in [-0.39, 0.29) is 11.3 Å². The van der Waals surface area contributed by atoms with E-state index < -0.39 is 0 Å². The first-order valence-corrected chi connectivity index (χ1v) is 7.97. The summed E-state index contributed by atoms with van der Waals surface area (Å²) in [5.41, 5.74) is 2.78. The van der Waals surface area contributed by atoms with Crippen molar-refractivity contribution in [3.8, 4) is 0 Å². The van der Waals surface area contributed by atoms with Crippen LogP contribution >= 0.6 is 0 Å². The molecule has 1 N–H and O–H groups in total. The first-order valence-electron chi connectivity index (χ1n) is 7.97. The van der Waals surface area contributed by atoms with Gasteiger partial charge >= 0.3 is 0 Å². The van der Waals surface area contributed by atoms with Crippen molar-refractivity contribution < 1.29 is 4.79 Å². The average Bonchev–Trinajstić information content (AvgIpc) is 2.45. The van der Waals surface area contributed by atoms with Crippen molar-refractivity contribution in [1.29, 1.82) is 0 Å². The van der Waals surface area contributed by atoms with Gasteiger partial charge in [-0.25, -0.2) is 0 Å². The van der Waals surface area contributed by atoms with Gasteiger partial charge < -0.3 is 10.2 Å². The van der Waals surface area contributed by atoms with Crippen molar-refractivity contribution in [2.45, 2.75) is 52.0 Å². The van der Waals surface area contributed by atoms with Crippen LogP contribution in [-0.4, -0.2) is 36.5 Å². The number of amides is 1. The van der Waals surface area contributed by atoms with E-state index in [1.165, 1.54) is 11.1 Å². The molecule has 2 rings (SSSR count). The molecule has 0 radical (unpaired) electrons. The largest absolute Gasteiger partial charge is 0.337 e. The summed E-state index contributed by atoms with van der Waals surface area (Å²) < 4.78 is 0. The summed E-state index contributed by atoms with van der Waals surface area (Å²) in [6, 6.07) is 9.01. The lowest BCUT2D eigenvalue weighted by Crippen LogP contribution is -2.52. The molecule has 1 aliphatic heterocycles. The molecule has 1 aromatic carbocycles. The van der Waals surface area contributed by atoms with Gasteiger partial charge in [0.05, 0.1) is 0 Å². The van der Waals surface area contributed by atoms with Gasteiger partial charge in [-0.05, 0) is 29.9 Å². The number of carbonyl (C=O) groups is 1. The lowest BCUT2D eigenvalue weighted by molar-refractivity contribution is -0.133. The van der Waals surface area contributed by atoms with Crippen LogP contribution in [0.1, 0.15) is 45.2 Å². The van der Waals surface area contributed by atoms with Crippen LogP contribution in [0.4, 0.5) is 0 Å². The Morgan fingerprint density at radius 3 is 2.52 bits per heavy atom. The lowest BCUT2D eigenvalue weighted by atomic mass is 9.86. The molecule has 1 amide bonds. The van der Waals surface area contributed by atoms with Crippen molar-refractivity contribution in [1.82, 2.24) is 10.2 Å². The molecular weight excluding hydrogens is 260 g/mol. The molecule has 0 spiro atoms. The van der Waals surface area contributed by atoms with Crippen LogP contribution in [0.3, 0.4) is 0 Å². The molecule has 0 unspecified atom stereocenters. The van der Waals surface area contributed by atoms with Gasteiger partial charge in [0.15, 0.2) is 0 Å². The molecule has 0 aliphatic carbocycles. The number of carbonyl (C=O) groups excluding carboxylic acids is 1. The maximum absolute atomic E-state index is 12.3. The first-order chi connectivity index (χ1) is 9.88. The van der Waals surface area contributed by atoms with Crippen molar-refractivity contribution in [3.63, 3.8) is 0 Å². The number of benzene rings is 1. The Labute approximate surface area is 128 Å². The molecule has 0 bridgehead atoms. The molecule has 1 fully saturated rings. The zero-order chi connectivity index (χ0) is 15.5. The third-order valence-electron chi connectivity index (χ3n) is 4.27. The minimum absolute atomic E-state index is 0.185. The van der Waals surface area contributed by atoms with E-state index in [0.29, 0.717) is 12.5 Å². The molecule has 116 valence electrons. The fourth-order valence-electron chi connectivity index (χ4n) is 2.78. The van der Waals surface area contributed by atoms with E-state index in [1.807, 2.05) is 4.90 Å². The molecule has 1 atom stereocenters. The number of nitrogens with zero attached hydrogens (tertiary/aromatic N) is 1. The Hall–Kier alpha value is -1.35. The number of aryl methyl sites for hydroxylation is 1. The van der Waals surface area contributed by atoms with Crippen LogP contribution in [0.25, 0.3) is 0 Å². The van der Waals surface area contributed by atoms with Crippen molar-refractivity contribution in [2.75, 3.05) is 19.6 Å². The maximum Gasteiger partial charge on any atom is 0.223 e. The van der Waals surface area contributed by atoms with E-state index >= 15 is 0 Å². The summed E-state index contributed by atoms with van der Waals surface area (Å²) >= 11 is 0. The third kappa shape index (κ3) is 4.31. The van der Waals surface area contributed by atoms with Gasteiger partial charge in [0, 0.05) is 32.1 Å². The van der Waals surface area contributed by atoms with Crippen molar-refractivity contribution in [2.24, 2.45) is 0 Å². The van der Waals surface area contributed by atoms with E-state index in [9.17, 15) is 4.79 Å². The zero-order valence-corrected chi connectivity index (χ0v) is 13.8. The number of nitrogens with one attached hydrogen (secondary N) is 1. The highest BCUT2D eigenvalue weighted by atomic mass is 16.2. The fraction of sp³-hybridized carbons (Fsp3) is 0.611. The quantitative estimate of drug-likeness (QED) is 0.927. The summed E-state index contributed by atoms with van der Waals surface area (Å²) in [5, 5.41) is 3.32. The molecule has 1 heterocycles. The van der Waals surface area contributed by atoms with Gasteiger partial charge in [0.2, 0.25) is 5.91 Å². The average molecular weight is 288 g/mol. The topological polar surface area (TPSA) is 32.3 Å². The number of hydrogen-bond acceptors (Lipinski definition) is 2. The molecule has 0 saturated carbocycles. The van der Waals surface area contributed by atoms with Crippen LogP contribution < -0.4 is 5.32 Å². The summed E-state index contributed by atoms with van der Waals surface area (Å²) in [4.78, 5) is 14.3. The Morgan fingerprint density at radius 1 is 1.29 bits per heavy atom. The summed E-state index contributed by atoms with van der Waals surface area (Å²) in [6.07, 6.45) is 1.44. The van der Waals surface area contributed by atoms with Gasteiger partial charge in [-0.1, -0.05) is 45.0 Å². The Kier molecular flexibility index (Phi) is 5.04. The normalized spacial score (nSPS) is 19.6. The summed E-state index contributed by atoms with van der Waals surface area (Å²) in [6.45, 7) is 11.4. The zero-order valence-electron chi connectivity index (χ0n) is 13.8. The van der Waals surface area contributed by atoms with Crippen LogP contribution in [0.15, 0.2) is 24.3 Å². The van der Waals surface area contributed by atoms with Crippen molar-refractivity contribution in [3.05, 3.63) is 35.4 Å². The predicted molar refractivity (Wildman–Crippen MR) is 87.5 cm³/mol. The highest BCUT2D eigenvalue weighted by Crippen LogP contribution is 2.22. The fourth-order valence-corrected chi connectivity index (χ4v) is 2.78. The molecule has 3 heteroatoms. The van der Waals surface area contributed by atoms with E-state index in [1.54, 1.807) is 0 Å². The highest BCUT2D eigenvalue weighted by molar-refractivity contribution is 5.77. The second kappa shape index (κ2) is 6.61. The summed E-state index contributed by atoms with van der Waals surface area (Å²) in [5.74, 6) is 0.281. The molecule has 1 saturated heterocycles. The Balaban J connectivity index is 1.89. The smallest absolute Gasteiger partial charge is 0.223 e. The van der Waals surface area contributed by atoms with E-state index in [4.69, 9.17) is 0 Å². The SMILES string of the molecule is C[C@@H]1CNCCN1C(=O)CCc1ccc(C(C)(C)C)cc1. The molecule has 0 aromatic heterocycles. The molecule has 3 nitrogen and oxygen atoms in total. The lowest BCUT2D eigenvalue weighted by Gasteiger charge is -2.34. The number of piperazine rings is 1. The van der Waals surface area contributed by atoms with Crippen LogP contribution in [0.5, 0.6) is 0 Å². The predicted octanol–water partition coefficient (Wildman–Crippen LogP) is 2.74. The first kappa shape index (κ1) is 16.0. The van der Waals surface area contributed by atoms with Crippen LogP contribution in [0.2, 0.25) is 0 Å². The third-order valence-corrected chi connectivity index (χ3v) is 4.27. The maximum atomic E-state index is 12.3.